The summed E-state index contributed by atoms with van der Waals surface area (Å²) in [6.07, 6.45) is 3.61. The van der Waals surface area contributed by atoms with Crippen molar-refractivity contribution in [1.82, 2.24) is 15.0 Å². The number of aromatic nitrogens is 2. The quantitative estimate of drug-likeness (QED) is 0.837. The van der Waals surface area contributed by atoms with Gasteiger partial charge in [0.15, 0.2) is 0 Å². The van der Waals surface area contributed by atoms with Gasteiger partial charge in [0.1, 0.15) is 0 Å². The van der Waals surface area contributed by atoms with E-state index < -0.39 is 0 Å². The molecule has 3 rings (SSSR count). The molecule has 0 aliphatic carbocycles. The molecule has 112 valence electrons. The third kappa shape index (κ3) is 2.42. The Bertz CT molecular complexity index is 454. The second-order valence-electron chi connectivity index (χ2n) is 6.25. The van der Waals surface area contributed by atoms with Crippen LogP contribution in [0.25, 0.3) is 0 Å². The van der Waals surface area contributed by atoms with Crippen LogP contribution in [-0.2, 0) is 11.3 Å². The van der Waals surface area contributed by atoms with Crippen molar-refractivity contribution in [3.8, 4) is 0 Å². The number of hydrogen-bond acceptors (Lipinski definition) is 6. The van der Waals surface area contributed by atoms with Gasteiger partial charge in [0.05, 0.1) is 6.54 Å². The molecule has 2 aliphatic heterocycles. The van der Waals surface area contributed by atoms with Crippen LogP contribution in [0.3, 0.4) is 0 Å². The normalized spacial score (nSPS) is 26.2. The number of likely N-dealkylation sites (tertiary alicyclic amines) is 1. The van der Waals surface area contributed by atoms with E-state index in [0.717, 1.165) is 26.3 Å². The minimum atomic E-state index is 0.433. The zero-order valence-electron chi connectivity index (χ0n) is 12.6. The van der Waals surface area contributed by atoms with Gasteiger partial charge < -0.3 is 14.2 Å². The second kappa shape index (κ2) is 5.33. The molecule has 1 aromatic rings. The monoisotopic (exact) mass is 280 g/mol. The standard InChI is InChI=1S/C14H24N4O2/c1-11-14(5-8-19-9-6-14)4-7-18(11)10-12-15-13(16-20-12)17(2)3/h11H,4-10H2,1-3H3. The zero-order chi connectivity index (χ0) is 14.2. The van der Waals surface area contributed by atoms with E-state index in [0.29, 0.717) is 23.3 Å². The summed E-state index contributed by atoms with van der Waals surface area (Å²) in [4.78, 5) is 8.76. The highest BCUT2D eigenvalue weighted by molar-refractivity contribution is 5.23. The minimum Gasteiger partial charge on any atom is -0.381 e. The summed E-state index contributed by atoms with van der Waals surface area (Å²) in [7, 11) is 3.84. The van der Waals surface area contributed by atoms with Crippen molar-refractivity contribution in [3.63, 3.8) is 0 Å². The summed E-state index contributed by atoms with van der Waals surface area (Å²) in [6, 6.07) is 0.557. The highest BCUT2D eigenvalue weighted by atomic mass is 16.5. The molecular formula is C14H24N4O2. The van der Waals surface area contributed by atoms with Crippen molar-refractivity contribution in [2.24, 2.45) is 5.41 Å². The van der Waals surface area contributed by atoms with Crippen LogP contribution in [-0.4, -0.2) is 54.9 Å². The van der Waals surface area contributed by atoms with E-state index >= 15 is 0 Å². The Hall–Kier alpha value is -1.14. The van der Waals surface area contributed by atoms with Crippen molar-refractivity contribution in [2.75, 3.05) is 38.8 Å². The Balaban J connectivity index is 1.66. The van der Waals surface area contributed by atoms with E-state index in [4.69, 9.17) is 9.26 Å². The van der Waals surface area contributed by atoms with Crippen molar-refractivity contribution in [3.05, 3.63) is 5.89 Å². The molecule has 2 saturated heterocycles. The van der Waals surface area contributed by atoms with Gasteiger partial charge in [0, 0.05) is 33.4 Å². The van der Waals surface area contributed by atoms with Crippen LogP contribution < -0.4 is 4.90 Å². The largest absolute Gasteiger partial charge is 0.381 e. The average Bonchev–Trinajstić information content (AvgIpc) is 3.02. The zero-order valence-corrected chi connectivity index (χ0v) is 12.6. The van der Waals surface area contributed by atoms with E-state index in [1.807, 2.05) is 19.0 Å². The first-order valence-electron chi connectivity index (χ1n) is 7.42. The predicted molar refractivity (Wildman–Crippen MR) is 75.6 cm³/mol. The Labute approximate surface area is 120 Å². The number of rotatable bonds is 3. The Morgan fingerprint density at radius 2 is 2.05 bits per heavy atom. The first-order valence-corrected chi connectivity index (χ1v) is 7.42. The summed E-state index contributed by atoms with van der Waals surface area (Å²) in [5, 5.41) is 3.98. The molecule has 6 nitrogen and oxygen atoms in total. The number of nitrogens with zero attached hydrogens (tertiary/aromatic N) is 4. The lowest BCUT2D eigenvalue weighted by Crippen LogP contribution is -2.40. The summed E-state index contributed by atoms with van der Waals surface area (Å²) >= 11 is 0. The number of anilines is 1. The maximum absolute atomic E-state index is 5.52. The molecule has 0 bridgehead atoms. The highest BCUT2D eigenvalue weighted by Gasteiger charge is 2.45. The summed E-state index contributed by atoms with van der Waals surface area (Å²) in [5.74, 6) is 1.36. The molecule has 0 N–H and O–H groups in total. The lowest BCUT2D eigenvalue weighted by Gasteiger charge is -2.38. The summed E-state index contributed by atoms with van der Waals surface area (Å²) in [6.45, 7) is 6.01. The van der Waals surface area contributed by atoms with E-state index in [9.17, 15) is 0 Å². The van der Waals surface area contributed by atoms with Crippen molar-refractivity contribution in [1.29, 1.82) is 0 Å². The topological polar surface area (TPSA) is 54.6 Å². The minimum absolute atomic E-state index is 0.433. The molecule has 20 heavy (non-hydrogen) atoms. The lowest BCUT2D eigenvalue weighted by atomic mass is 9.74. The van der Waals surface area contributed by atoms with Gasteiger partial charge in [0.25, 0.3) is 5.95 Å². The van der Waals surface area contributed by atoms with Gasteiger partial charge in [0.2, 0.25) is 5.89 Å². The summed E-state index contributed by atoms with van der Waals surface area (Å²) in [5.41, 5.74) is 0.433. The number of ether oxygens (including phenoxy) is 1. The van der Waals surface area contributed by atoms with Crippen LogP contribution in [0.15, 0.2) is 4.52 Å². The molecule has 1 atom stereocenters. The van der Waals surface area contributed by atoms with Gasteiger partial charge >= 0.3 is 0 Å². The van der Waals surface area contributed by atoms with Crippen LogP contribution in [0.4, 0.5) is 5.95 Å². The molecule has 0 aromatic carbocycles. The van der Waals surface area contributed by atoms with Crippen molar-refractivity contribution >= 4 is 5.95 Å². The fourth-order valence-corrected chi connectivity index (χ4v) is 3.48. The third-order valence-corrected chi connectivity index (χ3v) is 5.02. The molecular weight excluding hydrogens is 256 g/mol. The predicted octanol–water partition coefficient (Wildman–Crippen LogP) is 1.53. The van der Waals surface area contributed by atoms with Gasteiger partial charge in [-0.15, -0.1) is 0 Å². The van der Waals surface area contributed by atoms with Gasteiger partial charge in [-0.3, -0.25) is 4.90 Å². The van der Waals surface area contributed by atoms with Crippen LogP contribution in [0, 0.1) is 5.41 Å². The van der Waals surface area contributed by atoms with Gasteiger partial charge in [-0.05, 0) is 43.3 Å². The molecule has 0 radical (unpaired) electrons. The fourth-order valence-electron chi connectivity index (χ4n) is 3.48. The second-order valence-corrected chi connectivity index (χ2v) is 6.25. The first-order chi connectivity index (χ1) is 9.61. The maximum atomic E-state index is 5.52. The molecule has 0 amide bonds. The SMILES string of the molecule is CC1N(Cc2nc(N(C)C)no2)CCC12CCOCC2. The maximum Gasteiger partial charge on any atom is 0.265 e. The van der Waals surface area contributed by atoms with Crippen LogP contribution in [0.2, 0.25) is 0 Å². The van der Waals surface area contributed by atoms with E-state index in [1.165, 1.54) is 19.3 Å². The molecule has 3 heterocycles. The van der Waals surface area contributed by atoms with Crippen LogP contribution >= 0.6 is 0 Å². The third-order valence-electron chi connectivity index (χ3n) is 5.02. The van der Waals surface area contributed by atoms with Gasteiger partial charge in [-0.2, -0.15) is 4.98 Å². The first kappa shape index (κ1) is 13.8. The smallest absolute Gasteiger partial charge is 0.265 e. The molecule has 1 aromatic heterocycles. The number of hydrogen-bond donors (Lipinski definition) is 0. The molecule has 2 fully saturated rings. The Morgan fingerprint density at radius 3 is 2.70 bits per heavy atom. The van der Waals surface area contributed by atoms with Crippen molar-refractivity contribution in [2.45, 2.75) is 38.8 Å². The van der Waals surface area contributed by atoms with E-state index in [1.54, 1.807) is 0 Å². The Morgan fingerprint density at radius 1 is 1.30 bits per heavy atom. The molecule has 6 heteroatoms. The van der Waals surface area contributed by atoms with E-state index in [-0.39, 0.29) is 0 Å². The molecule has 2 aliphatic rings. The van der Waals surface area contributed by atoms with Gasteiger partial charge in [-0.1, -0.05) is 0 Å². The molecule has 1 unspecified atom stereocenters. The molecule has 0 saturated carbocycles. The fraction of sp³-hybridized carbons (Fsp3) is 0.857. The summed E-state index contributed by atoms with van der Waals surface area (Å²) < 4.78 is 10.9. The highest BCUT2D eigenvalue weighted by Crippen LogP contribution is 2.45. The van der Waals surface area contributed by atoms with Crippen LogP contribution in [0.5, 0.6) is 0 Å². The van der Waals surface area contributed by atoms with Crippen molar-refractivity contribution < 1.29 is 9.26 Å². The van der Waals surface area contributed by atoms with Crippen LogP contribution in [0.1, 0.15) is 32.1 Å². The average molecular weight is 280 g/mol. The van der Waals surface area contributed by atoms with Gasteiger partial charge in [-0.25, -0.2) is 0 Å². The van der Waals surface area contributed by atoms with E-state index in [2.05, 4.69) is 22.0 Å². The molecule has 1 spiro atoms. The lowest BCUT2D eigenvalue weighted by molar-refractivity contribution is -0.00239. The Kier molecular flexibility index (Phi) is 3.69.